The average molecular weight is 271 g/mol. The number of nitrogens with one attached hydrogen (secondary N) is 1. The van der Waals surface area contributed by atoms with Crippen molar-refractivity contribution in [2.24, 2.45) is 0 Å². The predicted molar refractivity (Wildman–Crippen MR) is 81.8 cm³/mol. The van der Waals surface area contributed by atoms with E-state index >= 15 is 0 Å². The molecule has 4 rings (SSSR count). The molecule has 2 unspecified atom stereocenters. The lowest BCUT2D eigenvalue weighted by molar-refractivity contribution is 0.0954. The van der Waals surface area contributed by atoms with Crippen LogP contribution in [0.15, 0.2) is 24.3 Å². The maximum atomic E-state index is 3.73. The molecule has 3 aliphatic rings. The van der Waals surface area contributed by atoms with Crippen LogP contribution < -0.4 is 5.32 Å². The minimum absolute atomic E-state index is 0.637. The maximum Gasteiger partial charge on any atom is 0.0238 e. The van der Waals surface area contributed by atoms with Crippen LogP contribution in [-0.2, 0) is 13.0 Å². The monoisotopic (exact) mass is 271 g/mol. The molecule has 0 aliphatic carbocycles. The van der Waals surface area contributed by atoms with Gasteiger partial charge in [0.25, 0.3) is 0 Å². The predicted octanol–water partition coefficient (Wildman–Crippen LogP) is 1.48. The van der Waals surface area contributed by atoms with Gasteiger partial charge in [0, 0.05) is 44.8 Å². The third-order valence-electron chi connectivity index (χ3n) is 5.32. The number of rotatable bonds is 2. The Morgan fingerprint density at radius 3 is 2.95 bits per heavy atom. The highest BCUT2D eigenvalue weighted by molar-refractivity contribution is 5.30. The van der Waals surface area contributed by atoms with Gasteiger partial charge in [-0.2, -0.15) is 0 Å². The number of hydrogen-bond donors (Lipinski definition) is 1. The number of benzene rings is 1. The SMILES string of the molecule is c1ccc2c(c1)CNC(CN1CCN3CCCC3C1)C2. The Morgan fingerprint density at radius 1 is 1.10 bits per heavy atom. The molecular formula is C17H25N3. The Morgan fingerprint density at radius 2 is 2.00 bits per heavy atom. The molecule has 3 heteroatoms. The van der Waals surface area contributed by atoms with Crippen molar-refractivity contribution >= 4 is 0 Å². The van der Waals surface area contributed by atoms with Crippen molar-refractivity contribution in [1.82, 2.24) is 15.1 Å². The quantitative estimate of drug-likeness (QED) is 0.879. The highest BCUT2D eigenvalue weighted by atomic mass is 15.3. The molecule has 108 valence electrons. The summed E-state index contributed by atoms with van der Waals surface area (Å²) in [5, 5.41) is 3.73. The van der Waals surface area contributed by atoms with E-state index in [4.69, 9.17) is 0 Å². The van der Waals surface area contributed by atoms with Crippen molar-refractivity contribution in [3.05, 3.63) is 35.4 Å². The van der Waals surface area contributed by atoms with Gasteiger partial charge in [0.05, 0.1) is 0 Å². The Balaban J connectivity index is 1.36. The molecule has 1 aromatic carbocycles. The summed E-state index contributed by atoms with van der Waals surface area (Å²) in [4.78, 5) is 5.39. The van der Waals surface area contributed by atoms with Crippen molar-refractivity contribution in [3.8, 4) is 0 Å². The van der Waals surface area contributed by atoms with Crippen LogP contribution in [0.2, 0.25) is 0 Å². The second kappa shape index (κ2) is 5.47. The highest BCUT2D eigenvalue weighted by Gasteiger charge is 2.31. The summed E-state index contributed by atoms with van der Waals surface area (Å²) in [6, 6.07) is 10.4. The number of fused-ring (bicyclic) bond motifs is 2. The van der Waals surface area contributed by atoms with Gasteiger partial charge in [-0.05, 0) is 36.9 Å². The van der Waals surface area contributed by atoms with Crippen molar-refractivity contribution < 1.29 is 0 Å². The summed E-state index contributed by atoms with van der Waals surface area (Å²) in [6.45, 7) is 7.45. The molecule has 2 atom stereocenters. The number of piperazine rings is 1. The van der Waals surface area contributed by atoms with Crippen LogP contribution in [0.4, 0.5) is 0 Å². The topological polar surface area (TPSA) is 18.5 Å². The first-order chi connectivity index (χ1) is 9.88. The fourth-order valence-corrected chi connectivity index (χ4v) is 4.18. The smallest absolute Gasteiger partial charge is 0.0238 e. The van der Waals surface area contributed by atoms with Gasteiger partial charge in [0.1, 0.15) is 0 Å². The van der Waals surface area contributed by atoms with Gasteiger partial charge in [-0.3, -0.25) is 9.80 Å². The van der Waals surface area contributed by atoms with Gasteiger partial charge >= 0.3 is 0 Å². The van der Waals surface area contributed by atoms with Gasteiger partial charge < -0.3 is 5.32 Å². The van der Waals surface area contributed by atoms with Crippen LogP contribution in [-0.4, -0.2) is 54.6 Å². The fraction of sp³-hybridized carbons (Fsp3) is 0.647. The van der Waals surface area contributed by atoms with E-state index in [-0.39, 0.29) is 0 Å². The van der Waals surface area contributed by atoms with E-state index in [0.29, 0.717) is 6.04 Å². The molecule has 0 spiro atoms. The van der Waals surface area contributed by atoms with E-state index in [9.17, 15) is 0 Å². The van der Waals surface area contributed by atoms with Crippen LogP contribution in [0.3, 0.4) is 0 Å². The average Bonchev–Trinajstić information content (AvgIpc) is 2.95. The zero-order valence-electron chi connectivity index (χ0n) is 12.2. The summed E-state index contributed by atoms with van der Waals surface area (Å²) in [5.41, 5.74) is 3.04. The second-order valence-corrected chi connectivity index (χ2v) is 6.64. The van der Waals surface area contributed by atoms with E-state index < -0.39 is 0 Å². The fourth-order valence-electron chi connectivity index (χ4n) is 4.18. The first kappa shape index (κ1) is 12.8. The molecule has 3 aliphatic heterocycles. The van der Waals surface area contributed by atoms with Gasteiger partial charge in [-0.25, -0.2) is 0 Å². The largest absolute Gasteiger partial charge is 0.308 e. The van der Waals surface area contributed by atoms with E-state index in [1.54, 1.807) is 5.56 Å². The van der Waals surface area contributed by atoms with Gasteiger partial charge in [0.15, 0.2) is 0 Å². The van der Waals surface area contributed by atoms with Crippen molar-refractivity contribution in [3.63, 3.8) is 0 Å². The van der Waals surface area contributed by atoms with Gasteiger partial charge in [-0.15, -0.1) is 0 Å². The van der Waals surface area contributed by atoms with Crippen molar-refractivity contribution in [2.75, 3.05) is 32.7 Å². The summed E-state index contributed by atoms with van der Waals surface area (Å²) in [7, 11) is 0. The molecule has 0 saturated carbocycles. The lowest BCUT2D eigenvalue weighted by atomic mass is 9.95. The maximum absolute atomic E-state index is 3.73. The molecule has 2 saturated heterocycles. The van der Waals surface area contributed by atoms with Crippen LogP contribution in [0.1, 0.15) is 24.0 Å². The molecule has 20 heavy (non-hydrogen) atoms. The Kier molecular flexibility index (Phi) is 3.51. The summed E-state index contributed by atoms with van der Waals surface area (Å²) >= 11 is 0. The Hall–Kier alpha value is -0.900. The molecule has 0 amide bonds. The van der Waals surface area contributed by atoms with Crippen molar-refractivity contribution in [2.45, 2.75) is 37.9 Å². The third kappa shape index (κ3) is 2.50. The molecule has 0 aromatic heterocycles. The normalized spacial score (nSPS) is 31.0. The summed E-state index contributed by atoms with van der Waals surface area (Å²) in [5.74, 6) is 0. The van der Waals surface area contributed by atoms with E-state index in [1.807, 2.05) is 0 Å². The lowest BCUT2D eigenvalue weighted by Crippen LogP contribution is -2.54. The summed E-state index contributed by atoms with van der Waals surface area (Å²) < 4.78 is 0. The third-order valence-corrected chi connectivity index (χ3v) is 5.32. The lowest BCUT2D eigenvalue weighted by Gasteiger charge is -2.40. The first-order valence-electron chi connectivity index (χ1n) is 8.15. The van der Waals surface area contributed by atoms with Crippen LogP contribution in [0.5, 0.6) is 0 Å². The number of hydrogen-bond acceptors (Lipinski definition) is 3. The molecule has 1 aromatic rings. The highest BCUT2D eigenvalue weighted by Crippen LogP contribution is 2.22. The minimum Gasteiger partial charge on any atom is -0.308 e. The molecule has 1 N–H and O–H groups in total. The van der Waals surface area contributed by atoms with E-state index in [2.05, 4.69) is 39.4 Å². The zero-order chi connectivity index (χ0) is 13.4. The van der Waals surface area contributed by atoms with Crippen LogP contribution in [0.25, 0.3) is 0 Å². The molecule has 0 radical (unpaired) electrons. The first-order valence-corrected chi connectivity index (χ1v) is 8.15. The molecule has 2 fully saturated rings. The molecule has 3 heterocycles. The van der Waals surface area contributed by atoms with Gasteiger partial charge in [0.2, 0.25) is 0 Å². The molecule has 3 nitrogen and oxygen atoms in total. The van der Waals surface area contributed by atoms with Crippen LogP contribution in [0, 0.1) is 0 Å². The van der Waals surface area contributed by atoms with E-state index in [1.165, 1.54) is 57.5 Å². The second-order valence-electron chi connectivity index (χ2n) is 6.64. The van der Waals surface area contributed by atoms with Crippen LogP contribution >= 0.6 is 0 Å². The number of nitrogens with zero attached hydrogens (tertiary/aromatic N) is 2. The van der Waals surface area contributed by atoms with E-state index in [0.717, 1.165) is 12.6 Å². The van der Waals surface area contributed by atoms with Crippen molar-refractivity contribution in [1.29, 1.82) is 0 Å². The molecule has 0 bridgehead atoms. The zero-order valence-corrected chi connectivity index (χ0v) is 12.2. The Labute approximate surface area is 121 Å². The minimum atomic E-state index is 0.637. The summed E-state index contributed by atoms with van der Waals surface area (Å²) in [6.07, 6.45) is 4.02. The standard InChI is InChI=1S/C17H25N3/c1-2-5-15-11-18-16(10-14(15)4-1)12-19-8-9-20-7-3-6-17(20)13-19/h1-2,4-5,16-18H,3,6-13H2. The van der Waals surface area contributed by atoms with Gasteiger partial charge in [-0.1, -0.05) is 24.3 Å². The Bertz CT molecular complexity index is 473. The molecular weight excluding hydrogens is 246 g/mol.